The van der Waals surface area contributed by atoms with Crippen molar-refractivity contribution < 1.29 is 0 Å². The van der Waals surface area contributed by atoms with Crippen molar-refractivity contribution in [1.29, 1.82) is 0 Å². The highest BCUT2D eigenvalue weighted by Crippen LogP contribution is 2.31. The van der Waals surface area contributed by atoms with Gasteiger partial charge in [0.25, 0.3) is 0 Å². The lowest BCUT2D eigenvalue weighted by Crippen LogP contribution is -2.18. The quantitative estimate of drug-likeness (QED) is 0.767. The SMILES string of the molecule is CNC(c1cc(C)c2ccccc2n1)c1ccc(Cl)s1. The summed E-state index contributed by atoms with van der Waals surface area (Å²) in [6.07, 6.45) is 0. The number of aromatic nitrogens is 1. The van der Waals surface area contributed by atoms with Gasteiger partial charge in [-0.05, 0) is 43.8 Å². The molecule has 0 fully saturated rings. The van der Waals surface area contributed by atoms with Gasteiger partial charge in [-0.15, -0.1) is 11.3 Å². The number of nitrogens with one attached hydrogen (secondary N) is 1. The third-order valence-corrected chi connectivity index (χ3v) is 4.70. The zero-order chi connectivity index (χ0) is 14.1. The number of nitrogens with zero attached hydrogens (tertiary/aromatic N) is 1. The topological polar surface area (TPSA) is 24.9 Å². The monoisotopic (exact) mass is 302 g/mol. The zero-order valence-electron chi connectivity index (χ0n) is 11.4. The molecule has 0 saturated heterocycles. The minimum absolute atomic E-state index is 0.0795. The first kappa shape index (κ1) is 13.6. The molecule has 3 rings (SSSR count). The van der Waals surface area contributed by atoms with Gasteiger partial charge in [0.15, 0.2) is 0 Å². The molecule has 0 spiro atoms. The number of rotatable bonds is 3. The Morgan fingerprint density at radius 2 is 2.00 bits per heavy atom. The third-order valence-electron chi connectivity index (χ3n) is 3.41. The van der Waals surface area contributed by atoms with Crippen LogP contribution in [-0.2, 0) is 0 Å². The van der Waals surface area contributed by atoms with Crippen LogP contribution in [0.3, 0.4) is 0 Å². The average Bonchev–Trinajstić information content (AvgIpc) is 2.86. The predicted molar refractivity (Wildman–Crippen MR) is 86.7 cm³/mol. The Bertz CT molecular complexity index is 751. The Balaban J connectivity index is 2.12. The number of hydrogen-bond donors (Lipinski definition) is 1. The Morgan fingerprint density at radius 1 is 1.20 bits per heavy atom. The normalized spacial score (nSPS) is 12.8. The van der Waals surface area contributed by atoms with E-state index in [1.54, 1.807) is 11.3 Å². The summed E-state index contributed by atoms with van der Waals surface area (Å²) in [5.74, 6) is 0. The van der Waals surface area contributed by atoms with E-state index in [-0.39, 0.29) is 6.04 Å². The van der Waals surface area contributed by atoms with Gasteiger partial charge in [0.05, 0.1) is 21.6 Å². The molecule has 3 aromatic rings. The largest absolute Gasteiger partial charge is 0.307 e. The highest BCUT2D eigenvalue weighted by molar-refractivity contribution is 7.16. The lowest BCUT2D eigenvalue weighted by atomic mass is 10.1. The first-order chi connectivity index (χ1) is 9.69. The van der Waals surface area contributed by atoms with Crippen LogP contribution in [-0.4, -0.2) is 12.0 Å². The van der Waals surface area contributed by atoms with Gasteiger partial charge >= 0.3 is 0 Å². The molecule has 1 aromatic carbocycles. The van der Waals surface area contributed by atoms with E-state index in [1.807, 2.05) is 25.2 Å². The van der Waals surface area contributed by atoms with Crippen molar-refractivity contribution in [2.24, 2.45) is 0 Å². The van der Waals surface area contributed by atoms with E-state index in [2.05, 4.69) is 36.5 Å². The van der Waals surface area contributed by atoms with Crippen LogP contribution in [0.2, 0.25) is 4.34 Å². The third kappa shape index (κ3) is 2.44. The fourth-order valence-electron chi connectivity index (χ4n) is 2.44. The molecule has 20 heavy (non-hydrogen) atoms. The molecule has 2 nitrogen and oxygen atoms in total. The highest BCUT2D eigenvalue weighted by atomic mass is 35.5. The summed E-state index contributed by atoms with van der Waals surface area (Å²) in [5, 5.41) is 4.53. The van der Waals surface area contributed by atoms with Gasteiger partial charge < -0.3 is 5.32 Å². The fraction of sp³-hybridized carbons (Fsp3) is 0.188. The first-order valence-corrected chi connectivity index (χ1v) is 7.67. The molecule has 0 bridgehead atoms. The van der Waals surface area contributed by atoms with Crippen LogP contribution in [0.4, 0.5) is 0 Å². The van der Waals surface area contributed by atoms with E-state index in [0.29, 0.717) is 0 Å². The second kappa shape index (κ2) is 5.52. The molecular weight excluding hydrogens is 288 g/mol. The molecule has 1 atom stereocenters. The smallest absolute Gasteiger partial charge is 0.0931 e. The van der Waals surface area contributed by atoms with Crippen LogP contribution in [0.5, 0.6) is 0 Å². The Hall–Kier alpha value is -1.42. The van der Waals surface area contributed by atoms with Crippen molar-refractivity contribution in [2.75, 3.05) is 7.05 Å². The lowest BCUT2D eigenvalue weighted by molar-refractivity contribution is 0.685. The number of pyridine rings is 1. The number of hydrogen-bond acceptors (Lipinski definition) is 3. The molecule has 0 aliphatic carbocycles. The van der Waals surface area contributed by atoms with Gasteiger partial charge in [-0.1, -0.05) is 29.8 Å². The molecule has 0 aliphatic rings. The van der Waals surface area contributed by atoms with Crippen LogP contribution in [0.25, 0.3) is 10.9 Å². The fourth-order valence-corrected chi connectivity index (χ4v) is 3.63. The van der Waals surface area contributed by atoms with E-state index in [0.717, 1.165) is 15.5 Å². The highest BCUT2D eigenvalue weighted by Gasteiger charge is 2.16. The van der Waals surface area contributed by atoms with E-state index in [9.17, 15) is 0 Å². The van der Waals surface area contributed by atoms with E-state index in [1.165, 1.54) is 15.8 Å². The van der Waals surface area contributed by atoms with Gasteiger partial charge in [0.2, 0.25) is 0 Å². The zero-order valence-corrected chi connectivity index (χ0v) is 12.9. The van der Waals surface area contributed by atoms with E-state index in [4.69, 9.17) is 16.6 Å². The van der Waals surface area contributed by atoms with E-state index >= 15 is 0 Å². The molecular formula is C16H15ClN2S. The van der Waals surface area contributed by atoms with Crippen LogP contribution in [0, 0.1) is 6.92 Å². The Labute approximate surface area is 127 Å². The number of fused-ring (bicyclic) bond motifs is 1. The molecule has 4 heteroatoms. The maximum Gasteiger partial charge on any atom is 0.0931 e. The number of para-hydroxylation sites is 1. The first-order valence-electron chi connectivity index (χ1n) is 6.48. The minimum Gasteiger partial charge on any atom is -0.307 e. The van der Waals surface area contributed by atoms with Gasteiger partial charge in [0, 0.05) is 10.3 Å². The summed E-state index contributed by atoms with van der Waals surface area (Å²) in [5.41, 5.74) is 3.31. The summed E-state index contributed by atoms with van der Waals surface area (Å²) in [6.45, 7) is 2.13. The summed E-state index contributed by atoms with van der Waals surface area (Å²) >= 11 is 7.64. The van der Waals surface area contributed by atoms with Crippen LogP contribution in [0.1, 0.15) is 22.2 Å². The molecule has 0 radical (unpaired) electrons. The van der Waals surface area contributed by atoms with Crippen LogP contribution >= 0.6 is 22.9 Å². The lowest BCUT2D eigenvalue weighted by Gasteiger charge is -2.16. The molecule has 2 aromatic heterocycles. The summed E-state index contributed by atoms with van der Waals surface area (Å²) in [4.78, 5) is 5.97. The van der Waals surface area contributed by atoms with Crippen molar-refractivity contribution in [1.82, 2.24) is 10.3 Å². The van der Waals surface area contributed by atoms with E-state index < -0.39 is 0 Å². The van der Waals surface area contributed by atoms with Crippen molar-refractivity contribution in [3.05, 3.63) is 62.9 Å². The average molecular weight is 303 g/mol. The standard InChI is InChI=1S/C16H15ClN2S/c1-10-9-13(19-12-6-4-3-5-11(10)12)16(18-2)14-7-8-15(17)20-14/h3-9,16,18H,1-2H3. The summed E-state index contributed by atoms with van der Waals surface area (Å²) in [6, 6.07) is 14.4. The molecule has 0 saturated carbocycles. The minimum atomic E-state index is 0.0795. The molecule has 0 amide bonds. The molecule has 1 N–H and O–H groups in total. The number of aryl methyl sites for hydroxylation is 1. The van der Waals surface area contributed by atoms with Crippen LogP contribution in [0.15, 0.2) is 42.5 Å². The Kier molecular flexibility index (Phi) is 3.74. The predicted octanol–water partition coefficient (Wildman–Crippen LogP) is 4.57. The number of benzene rings is 1. The van der Waals surface area contributed by atoms with Crippen LogP contribution < -0.4 is 5.32 Å². The Morgan fingerprint density at radius 3 is 2.70 bits per heavy atom. The van der Waals surface area contributed by atoms with Crippen molar-refractivity contribution in [2.45, 2.75) is 13.0 Å². The van der Waals surface area contributed by atoms with Gasteiger partial charge in [-0.3, -0.25) is 4.98 Å². The molecule has 102 valence electrons. The maximum atomic E-state index is 6.05. The summed E-state index contributed by atoms with van der Waals surface area (Å²) in [7, 11) is 1.95. The second-order valence-electron chi connectivity index (χ2n) is 4.74. The van der Waals surface area contributed by atoms with Gasteiger partial charge in [-0.2, -0.15) is 0 Å². The second-order valence-corrected chi connectivity index (χ2v) is 6.49. The molecule has 1 unspecified atom stereocenters. The van der Waals surface area contributed by atoms with Crippen molar-refractivity contribution in [3.8, 4) is 0 Å². The number of halogens is 1. The maximum absolute atomic E-state index is 6.05. The number of thiophene rings is 1. The molecule has 0 aliphatic heterocycles. The van der Waals surface area contributed by atoms with Gasteiger partial charge in [0.1, 0.15) is 0 Å². The molecule has 2 heterocycles. The summed E-state index contributed by atoms with van der Waals surface area (Å²) < 4.78 is 0.803. The van der Waals surface area contributed by atoms with Crippen molar-refractivity contribution in [3.63, 3.8) is 0 Å². The van der Waals surface area contributed by atoms with Crippen molar-refractivity contribution >= 4 is 33.8 Å². The van der Waals surface area contributed by atoms with Gasteiger partial charge in [-0.25, -0.2) is 0 Å².